The highest BCUT2D eigenvalue weighted by molar-refractivity contribution is 7.99. The molecule has 4 bridgehead atoms. The minimum absolute atomic E-state index is 0.0104. The number of cyclic esters (lactones) is 1. The number of aromatic hydroxyl groups is 1. The fraction of sp³-hybridized carbons (Fsp3) is 0.395. The van der Waals surface area contributed by atoms with Gasteiger partial charge in [-0.1, -0.05) is 36.4 Å². The van der Waals surface area contributed by atoms with Gasteiger partial charge < -0.3 is 44.5 Å². The van der Waals surface area contributed by atoms with Gasteiger partial charge in [0.05, 0.1) is 30.5 Å². The number of thioether (sulfide) groups is 1. The monoisotopic (exact) mass is 729 g/mol. The molecule has 52 heavy (non-hydrogen) atoms. The van der Waals surface area contributed by atoms with Gasteiger partial charge in [-0.3, -0.25) is 9.69 Å². The molecule has 3 aromatic rings. The summed E-state index contributed by atoms with van der Waals surface area (Å²) in [6, 6.07) is 8.05. The number of phenolic OH excluding ortho intramolecular Hbond substituents is 1. The molecule has 0 spiro atoms. The van der Waals surface area contributed by atoms with Gasteiger partial charge in [-0.05, 0) is 43.0 Å². The predicted molar refractivity (Wildman–Crippen MR) is 189 cm³/mol. The van der Waals surface area contributed by atoms with Crippen molar-refractivity contribution in [1.29, 1.82) is 0 Å². The molecule has 7 atom stereocenters. The molecule has 0 saturated carbocycles. The third kappa shape index (κ3) is 5.56. The Kier molecular flexibility index (Phi) is 8.80. The molecular formula is C38H39N3O10S. The van der Waals surface area contributed by atoms with Crippen molar-refractivity contribution in [2.45, 2.75) is 68.9 Å². The minimum atomic E-state index is -1.07. The lowest BCUT2D eigenvalue weighted by Crippen LogP contribution is -2.69. The number of benzene rings is 3. The van der Waals surface area contributed by atoms with Crippen LogP contribution in [-0.4, -0.2) is 83.6 Å². The SMILES string of the molecule is COc1c(C)cc2c(c1OC(=O)/C=C/c1ccccc1)C1NC(C2)[C@H](O)N2[C@H]1[C@@H]1SCC(NC(C)=O)C(=O)OC[C@H]2c2c3c(c(C)c(O)c21)OCO3. The number of aryl methyl sites for hydroxylation is 1. The lowest BCUT2D eigenvalue weighted by Gasteiger charge is -2.59. The van der Waals surface area contributed by atoms with Crippen molar-refractivity contribution in [3.63, 3.8) is 0 Å². The molecule has 4 N–H and O–H groups in total. The number of fused-ring (bicyclic) bond motifs is 9. The van der Waals surface area contributed by atoms with Gasteiger partial charge >= 0.3 is 11.9 Å². The summed E-state index contributed by atoms with van der Waals surface area (Å²) in [5, 5.41) is 30.0. The molecule has 1 amide bonds. The van der Waals surface area contributed by atoms with Crippen molar-refractivity contribution < 1.29 is 48.3 Å². The average Bonchev–Trinajstić information content (AvgIpc) is 3.62. The Morgan fingerprint density at radius 3 is 2.60 bits per heavy atom. The smallest absolute Gasteiger partial charge is 0.336 e. The molecule has 5 aliphatic rings. The van der Waals surface area contributed by atoms with Crippen LogP contribution in [-0.2, 0) is 25.5 Å². The Morgan fingerprint density at radius 1 is 1.08 bits per heavy atom. The molecule has 0 aliphatic carbocycles. The summed E-state index contributed by atoms with van der Waals surface area (Å²) >= 11 is 1.35. The number of hydrogen-bond donors (Lipinski definition) is 4. The van der Waals surface area contributed by atoms with Crippen molar-refractivity contribution in [2.75, 3.05) is 26.3 Å². The van der Waals surface area contributed by atoms with Crippen LogP contribution in [0.15, 0.2) is 42.5 Å². The standard InChI is InChI=1S/C38H39N3O10S/c1-17-12-21-13-22-37(45)41-24-14-48-38(46)23(39-19(3)42)15-52-36(28-27(24)34-33(49-16-50-34)18(2)31(28)44)30(41)29(40-22)26(21)35(32(17)47-4)51-25(43)11-10-20-8-6-5-7-9-20/h5-12,22-24,29-30,36-37,40,44-45H,13-16H2,1-4H3,(H,39,42)/b11-10+/t22?,23?,24-,29?,30+,36+,37-/m0/s1. The van der Waals surface area contributed by atoms with Gasteiger partial charge in [0.2, 0.25) is 12.7 Å². The second-order valence-corrected chi connectivity index (χ2v) is 14.8. The first kappa shape index (κ1) is 34.3. The zero-order valence-electron chi connectivity index (χ0n) is 29.0. The summed E-state index contributed by atoms with van der Waals surface area (Å²) in [5.41, 5.74) is 4.82. The summed E-state index contributed by atoms with van der Waals surface area (Å²) in [4.78, 5) is 41.0. The van der Waals surface area contributed by atoms with Gasteiger partial charge in [0.25, 0.3) is 0 Å². The molecule has 13 nitrogen and oxygen atoms in total. The number of aliphatic hydroxyl groups is 1. The average molecular weight is 730 g/mol. The molecule has 3 aromatic carbocycles. The van der Waals surface area contributed by atoms with Crippen LogP contribution >= 0.6 is 11.8 Å². The number of rotatable bonds is 5. The lowest BCUT2D eigenvalue weighted by atomic mass is 9.74. The van der Waals surface area contributed by atoms with Crippen molar-refractivity contribution in [3.8, 4) is 28.7 Å². The Balaban J connectivity index is 1.30. The van der Waals surface area contributed by atoms with Gasteiger partial charge in [-0.15, -0.1) is 11.8 Å². The number of piperazine rings is 1. The van der Waals surface area contributed by atoms with Crippen LogP contribution in [0.2, 0.25) is 0 Å². The largest absolute Gasteiger partial charge is 0.507 e. The number of nitrogens with zero attached hydrogens (tertiary/aromatic N) is 1. The van der Waals surface area contributed by atoms with Crippen molar-refractivity contribution >= 4 is 35.7 Å². The van der Waals surface area contributed by atoms with Gasteiger partial charge in [-0.2, -0.15) is 0 Å². The molecular weight excluding hydrogens is 690 g/mol. The summed E-state index contributed by atoms with van der Waals surface area (Å²) in [5.74, 6) is 0.0253. The maximum atomic E-state index is 13.5. The quantitative estimate of drug-likeness (QED) is 0.172. The molecule has 272 valence electrons. The number of nitrogens with one attached hydrogen (secondary N) is 2. The number of methoxy groups -OCH3 is 1. The van der Waals surface area contributed by atoms with E-state index < -0.39 is 53.6 Å². The number of amides is 1. The van der Waals surface area contributed by atoms with Crippen LogP contribution in [0.1, 0.15) is 63.2 Å². The van der Waals surface area contributed by atoms with E-state index in [0.717, 1.165) is 16.7 Å². The number of ether oxygens (including phenoxy) is 5. The third-order valence-electron chi connectivity index (χ3n) is 10.5. The van der Waals surface area contributed by atoms with E-state index in [0.29, 0.717) is 45.9 Å². The van der Waals surface area contributed by atoms with E-state index >= 15 is 0 Å². The number of phenols is 1. The molecule has 3 unspecified atom stereocenters. The molecule has 0 radical (unpaired) electrons. The van der Waals surface area contributed by atoms with Crippen molar-refractivity contribution in [2.24, 2.45) is 0 Å². The zero-order valence-corrected chi connectivity index (χ0v) is 29.8. The highest BCUT2D eigenvalue weighted by Crippen LogP contribution is 2.62. The molecule has 0 aromatic heterocycles. The Labute approximate surface area is 304 Å². The fourth-order valence-electron chi connectivity index (χ4n) is 8.41. The summed E-state index contributed by atoms with van der Waals surface area (Å²) in [7, 11) is 1.53. The van der Waals surface area contributed by atoms with E-state index in [1.54, 1.807) is 13.0 Å². The third-order valence-corrected chi connectivity index (χ3v) is 11.9. The minimum Gasteiger partial charge on any atom is -0.507 e. The van der Waals surface area contributed by atoms with Gasteiger partial charge in [0.1, 0.15) is 24.6 Å². The molecule has 5 aliphatic heterocycles. The zero-order chi connectivity index (χ0) is 36.4. The van der Waals surface area contributed by atoms with E-state index in [1.807, 2.05) is 48.2 Å². The highest BCUT2D eigenvalue weighted by Gasteiger charge is 2.58. The second-order valence-electron chi connectivity index (χ2n) is 13.6. The van der Waals surface area contributed by atoms with Crippen LogP contribution in [0.3, 0.4) is 0 Å². The fourth-order valence-corrected chi connectivity index (χ4v) is 9.93. The Bertz CT molecular complexity index is 2000. The number of carbonyl (C=O) groups excluding carboxylic acids is 3. The number of hydrogen-bond acceptors (Lipinski definition) is 13. The van der Waals surface area contributed by atoms with E-state index in [4.69, 9.17) is 23.7 Å². The lowest BCUT2D eigenvalue weighted by molar-refractivity contribution is -0.160. The first-order valence-corrected chi connectivity index (χ1v) is 18.2. The maximum absolute atomic E-state index is 13.5. The Morgan fingerprint density at radius 2 is 1.85 bits per heavy atom. The number of esters is 2. The highest BCUT2D eigenvalue weighted by atomic mass is 32.2. The first-order valence-electron chi connectivity index (χ1n) is 17.1. The van der Waals surface area contributed by atoms with Crippen molar-refractivity contribution in [1.82, 2.24) is 15.5 Å². The molecule has 14 heteroatoms. The molecule has 2 fully saturated rings. The van der Waals surface area contributed by atoms with Crippen LogP contribution < -0.4 is 29.6 Å². The molecule has 5 heterocycles. The van der Waals surface area contributed by atoms with Gasteiger partial charge in [0.15, 0.2) is 23.0 Å². The van der Waals surface area contributed by atoms with E-state index in [9.17, 15) is 24.6 Å². The first-order chi connectivity index (χ1) is 25.1. The van der Waals surface area contributed by atoms with Crippen LogP contribution in [0.25, 0.3) is 6.08 Å². The predicted octanol–water partition coefficient (Wildman–Crippen LogP) is 3.51. The van der Waals surface area contributed by atoms with E-state index in [2.05, 4.69) is 10.6 Å². The van der Waals surface area contributed by atoms with Crippen LogP contribution in [0.5, 0.6) is 28.7 Å². The van der Waals surface area contributed by atoms with E-state index in [-0.39, 0.29) is 36.6 Å². The topological polar surface area (TPSA) is 165 Å². The van der Waals surface area contributed by atoms with Gasteiger partial charge in [-0.25, -0.2) is 9.59 Å². The molecule has 8 rings (SSSR count). The number of carbonyl (C=O) groups is 3. The normalized spacial score (nSPS) is 27.2. The summed E-state index contributed by atoms with van der Waals surface area (Å²) in [6.07, 6.45) is 2.38. The van der Waals surface area contributed by atoms with Crippen LogP contribution in [0, 0.1) is 13.8 Å². The van der Waals surface area contributed by atoms with Crippen LogP contribution in [0.4, 0.5) is 0 Å². The van der Waals surface area contributed by atoms with E-state index in [1.165, 1.54) is 31.9 Å². The summed E-state index contributed by atoms with van der Waals surface area (Å²) < 4.78 is 29.8. The maximum Gasteiger partial charge on any atom is 0.336 e. The Hall–Kier alpha value is -4.76. The number of aliphatic hydroxyl groups excluding tert-OH is 1. The second kappa shape index (κ2) is 13.3. The van der Waals surface area contributed by atoms with Crippen molar-refractivity contribution in [3.05, 3.63) is 81.4 Å². The summed E-state index contributed by atoms with van der Waals surface area (Å²) in [6.45, 7) is 4.71. The molecule has 2 saturated heterocycles. The van der Waals surface area contributed by atoms with Gasteiger partial charge in [0, 0.05) is 47.0 Å².